The van der Waals surface area contributed by atoms with Crippen LogP contribution < -0.4 is 5.32 Å². The Morgan fingerprint density at radius 2 is 2.19 bits per heavy atom. The molecule has 21 heavy (non-hydrogen) atoms. The van der Waals surface area contributed by atoms with Gasteiger partial charge in [-0.15, -0.1) is 0 Å². The van der Waals surface area contributed by atoms with E-state index in [9.17, 15) is 14.9 Å². The van der Waals surface area contributed by atoms with Crippen LogP contribution in [-0.4, -0.2) is 15.8 Å². The molecule has 0 radical (unpaired) electrons. The maximum atomic E-state index is 12.1. The van der Waals surface area contributed by atoms with E-state index in [1.165, 1.54) is 18.2 Å². The van der Waals surface area contributed by atoms with Crippen molar-refractivity contribution in [3.8, 4) is 0 Å². The Balaban J connectivity index is 2.19. The molecule has 0 bridgehead atoms. The number of hydrogen-bond donors (Lipinski definition) is 1. The number of rotatable bonds is 4. The van der Waals surface area contributed by atoms with Gasteiger partial charge in [-0.1, -0.05) is 11.6 Å². The summed E-state index contributed by atoms with van der Waals surface area (Å²) in [7, 11) is 0. The lowest BCUT2D eigenvalue weighted by atomic mass is 10.1. The van der Waals surface area contributed by atoms with Gasteiger partial charge in [0.1, 0.15) is 5.56 Å². The summed E-state index contributed by atoms with van der Waals surface area (Å²) in [5, 5.41) is 13.9. The molecule has 0 unspecified atom stereocenters. The second-order valence-electron chi connectivity index (χ2n) is 4.40. The van der Waals surface area contributed by atoms with E-state index in [1.54, 1.807) is 18.5 Å². The minimum Gasteiger partial charge on any atom is -0.348 e. The SMILES string of the molecule is Cc1cnccc1CNC(=O)c1cc(Cl)ccc1[N+](=O)[O-]. The van der Waals surface area contributed by atoms with Gasteiger partial charge in [0.25, 0.3) is 11.6 Å². The fourth-order valence-electron chi connectivity index (χ4n) is 1.82. The number of nitro groups is 1. The Morgan fingerprint density at radius 3 is 2.86 bits per heavy atom. The largest absolute Gasteiger partial charge is 0.348 e. The third-order valence-corrected chi connectivity index (χ3v) is 3.21. The first-order valence-corrected chi connectivity index (χ1v) is 6.48. The van der Waals surface area contributed by atoms with Gasteiger partial charge in [0.05, 0.1) is 4.92 Å². The zero-order valence-corrected chi connectivity index (χ0v) is 11.9. The molecule has 0 aliphatic rings. The molecule has 1 aromatic heterocycles. The number of carbonyl (C=O) groups excluding carboxylic acids is 1. The third kappa shape index (κ3) is 3.55. The molecular formula is C14H12ClN3O3. The average molecular weight is 306 g/mol. The van der Waals surface area contributed by atoms with Gasteiger partial charge < -0.3 is 5.32 Å². The number of aryl methyl sites for hydroxylation is 1. The highest BCUT2D eigenvalue weighted by Gasteiger charge is 2.20. The standard InChI is InChI=1S/C14H12ClN3O3/c1-9-7-16-5-4-10(9)8-17-14(19)12-6-11(15)2-3-13(12)18(20)21/h2-7H,8H2,1H3,(H,17,19). The van der Waals surface area contributed by atoms with Crippen molar-refractivity contribution < 1.29 is 9.72 Å². The van der Waals surface area contributed by atoms with Gasteiger partial charge >= 0.3 is 0 Å². The van der Waals surface area contributed by atoms with E-state index in [1.807, 2.05) is 6.92 Å². The maximum absolute atomic E-state index is 12.1. The summed E-state index contributed by atoms with van der Waals surface area (Å²) < 4.78 is 0. The molecule has 7 heteroatoms. The van der Waals surface area contributed by atoms with E-state index < -0.39 is 10.8 Å². The first-order valence-electron chi connectivity index (χ1n) is 6.10. The quantitative estimate of drug-likeness (QED) is 0.695. The summed E-state index contributed by atoms with van der Waals surface area (Å²) in [6.07, 6.45) is 3.31. The van der Waals surface area contributed by atoms with Gasteiger partial charge in [-0.25, -0.2) is 0 Å². The van der Waals surface area contributed by atoms with Crippen LogP contribution in [0, 0.1) is 17.0 Å². The van der Waals surface area contributed by atoms with E-state index in [2.05, 4.69) is 10.3 Å². The summed E-state index contributed by atoms with van der Waals surface area (Å²) in [5.41, 5.74) is 1.49. The zero-order valence-electron chi connectivity index (χ0n) is 11.2. The summed E-state index contributed by atoms with van der Waals surface area (Å²) >= 11 is 5.80. The Labute approximate surface area is 125 Å². The van der Waals surface area contributed by atoms with Crippen LogP contribution in [0.15, 0.2) is 36.7 Å². The van der Waals surface area contributed by atoms with E-state index in [0.29, 0.717) is 0 Å². The van der Waals surface area contributed by atoms with E-state index >= 15 is 0 Å². The topological polar surface area (TPSA) is 85.1 Å². The molecule has 0 saturated carbocycles. The van der Waals surface area contributed by atoms with Crippen molar-refractivity contribution in [1.29, 1.82) is 0 Å². The lowest BCUT2D eigenvalue weighted by molar-refractivity contribution is -0.385. The molecular weight excluding hydrogens is 294 g/mol. The molecule has 1 N–H and O–H groups in total. The molecule has 0 aliphatic heterocycles. The van der Waals surface area contributed by atoms with Crippen LogP contribution >= 0.6 is 11.6 Å². The van der Waals surface area contributed by atoms with Gasteiger partial charge in [0.2, 0.25) is 0 Å². The van der Waals surface area contributed by atoms with Crippen molar-refractivity contribution in [3.05, 3.63) is 68.5 Å². The second kappa shape index (κ2) is 6.32. The Morgan fingerprint density at radius 1 is 1.43 bits per heavy atom. The van der Waals surface area contributed by atoms with E-state index in [0.717, 1.165) is 11.1 Å². The second-order valence-corrected chi connectivity index (χ2v) is 4.84. The fourth-order valence-corrected chi connectivity index (χ4v) is 1.99. The number of aromatic nitrogens is 1. The first-order chi connectivity index (χ1) is 9.99. The number of nitro benzene ring substituents is 1. The van der Waals surface area contributed by atoms with Crippen LogP contribution in [0.5, 0.6) is 0 Å². The predicted molar refractivity (Wildman–Crippen MR) is 78.3 cm³/mol. The predicted octanol–water partition coefficient (Wildman–Crippen LogP) is 2.88. The summed E-state index contributed by atoms with van der Waals surface area (Å²) in [5.74, 6) is -0.541. The number of nitrogens with one attached hydrogen (secondary N) is 1. The number of pyridine rings is 1. The molecule has 6 nitrogen and oxygen atoms in total. The van der Waals surface area contributed by atoms with Crippen LogP contribution in [-0.2, 0) is 6.54 Å². The zero-order chi connectivity index (χ0) is 15.4. The Kier molecular flexibility index (Phi) is 4.49. The molecule has 0 atom stereocenters. The molecule has 1 aromatic carbocycles. The van der Waals surface area contributed by atoms with Crippen LogP contribution in [0.4, 0.5) is 5.69 Å². The molecule has 0 fully saturated rings. The van der Waals surface area contributed by atoms with Crippen molar-refractivity contribution in [2.24, 2.45) is 0 Å². The lowest BCUT2D eigenvalue weighted by Gasteiger charge is -2.08. The van der Waals surface area contributed by atoms with Crippen molar-refractivity contribution in [3.63, 3.8) is 0 Å². The van der Waals surface area contributed by atoms with E-state index in [4.69, 9.17) is 11.6 Å². The minimum atomic E-state index is -0.608. The number of halogens is 1. The van der Waals surface area contributed by atoms with Crippen LogP contribution in [0.25, 0.3) is 0 Å². The Hall–Kier alpha value is -2.47. The van der Waals surface area contributed by atoms with E-state index in [-0.39, 0.29) is 22.8 Å². The lowest BCUT2D eigenvalue weighted by Crippen LogP contribution is -2.24. The molecule has 2 rings (SSSR count). The minimum absolute atomic E-state index is 0.0563. The van der Waals surface area contributed by atoms with Gasteiger partial charge in [-0.3, -0.25) is 19.9 Å². The molecule has 1 heterocycles. The van der Waals surface area contributed by atoms with Crippen molar-refractivity contribution in [1.82, 2.24) is 10.3 Å². The van der Waals surface area contributed by atoms with Crippen molar-refractivity contribution in [2.45, 2.75) is 13.5 Å². The van der Waals surface area contributed by atoms with Crippen LogP contribution in [0.2, 0.25) is 5.02 Å². The number of nitrogens with zero attached hydrogens (tertiary/aromatic N) is 2. The van der Waals surface area contributed by atoms with Crippen molar-refractivity contribution >= 4 is 23.2 Å². The van der Waals surface area contributed by atoms with Gasteiger partial charge in [-0.05, 0) is 36.2 Å². The summed E-state index contributed by atoms with van der Waals surface area (Å²) in [6.45, 7) is 2.13. The number of hydrogen-bond acceptors (Lipinski definition) is 4. The highest BCUT2D eigenvalue weighted by atomic mass is 35.5. The monoisotopic (exact) mass is 305 g/mol. The normalized spacial score (nSPS) is 10.2. The molecule has 108 valence electrons. The Bertz CT molecular complexity index is 704. The number of benzene rings is 1. The maximum Gasteiger partial charge on any atom is 0.282 e. The average Bonchev–Trinajstić information content (AvgIpc) is 2.45. The molecule has 2 aromatic rings. The summed E-state index contributed by atoms with van der Waals surface area (Å²) in [4.78, 5) is 26.4. The number of carbonyl (C=O) groups is 1. The van der Waals surface area contributed by atoms with Gasteiger partial charge in [0.15, 0.2) is 0 Å². The molecule has 1 amide bonds. The van der Waals surface area contributed by atoms with Crippen LogP contribution in [0.1, 0.15) is 21.5 Å². The van der Waals surface area contributed by atoms with Crippen LogP contribution in [0.3, 0.4) is 0 Å². The highest BCUT2D eigenvalue weighted by molar-refractivity contribution is 6.31. The van der Waals surface area contributed by atoms with Crippen molar-refractivity contribution in [2.75, 3.05) is 0 Å². The molecule has 0 saturated heterocycles. The molecule has 0 spiro atoms. The highest BCUT2D eigenvalue weighted by Crippen LogP contribution is 2.22. The number of amides is 1. The first kappa shape index (κ1) is 14.9. The van der Waals surface area contributed by atoms with Gasteiger partial charge in [-0.2, -0.15) is 0 Å². The fraction of sp³-hybridized carbons (Fsp3) is 0.143. The summed E-state index contributed by atoms with van der Waals surface area (Å²) in [6, 6.07) is 5.66. The third-order valence-electron chi connectivity index (χ3n) is 2.98. The van der Waals surface area contributed by atoms with Gasteiger partial charge in [0, 0.05) is 30.0 Å². The smallest absolute Gasteiger partial charge is 0.282 e. The molecule has 0 aliphatic carbocycles.